The first-order valence-corrected chi connectivity index (χ1v) is 6.50. The average Bonchev–Trinajstić information content (AvgIpc) is 2.84. The highest BCUT2D eigenvalue weighted by atomic mass is 32.1. The van der Waals surface area contributed by atoms with Crippen molar-refractivity contribution in [2.75, 3.05) is 0 Å². The van der Waals surface area contributed by atoms with E-state index in [0.29, 0.717) is 5.56 Å². The first kappa shape index (κ1) is 12.0. The van der Waals surface area contributed by atoms with Gasteiger partial charge in [0.2, 0.25) is 0 Å². The number of hydrogen-bond acceptors (Lipinski definition) is 2. The van der Waals surface area contributed by atoms with Crippen molar-refractivity contribution in [2.24, 2.45) is 0 Å². The van der Waals surface area contributed by atoms with E-state index in [0.717, 1.165) is 28.3 Å². The molecule has 0 amide bonds. The van der Waals surface area contributed by atoms with E-state index < -0.39 is 11.6 Å². The molecule has 1 nitrogen and oxygen atoms in total. The lowest BCUT2D eigenvalue weighted by Crippen LogP contribution is -2.02. The summed E-state index contributed by atoms with van der Waals surface area (Å²) in [7, 11) is 0. The molecule has 3 rings (SSSR count). The van der Waals surface area contributed by atoms with E-state index in [4.69, 9.17) is 0 Å². The van der Waals surface area contributed by atoms with Gasteiger partial charge < -0.3 is 0 Å². The van der Waals surface area contributed by atoms with Gasteiger partial charge in [-0.05, 0) is 35.0 Å². The number of carbonyl (C=O) groups excluding carboxylic acids is 1. The van der Waals surface area contributed by atoms with E-state index in [-0.39, 0.29) is 11.3 Å². The fraction of sp³-hybridized carbons (Fsp3) is 0. The smallest absolute Gasteiger partial charge is 0.194 e. The third-order valence-electron chi connectivity index (χ3n) is 2.85. The van der Waals surface area contributed by atoms with Gasteiger partial charge in [0.05, 0.1) is 0 Å². The van der Waals surface area contributed by atoms with Gasteiger partial charge >= 0.3 is 0 Å². The van der Waals surface area contributed by atoms with Crippen LogP contribution in [0.2, 0.25) is 0 Å². The van der Waals surface area contributed by atoms with Crippen molar-refractivity contribution >= 4 is 27.2 Å². The van der Waals surface area contributed by atoms with Crippen molar-refractivity contribution in [3.63, 3.8) is 0 Å². The minimum absolute atomic E-state index is 0.0263. The van der Waals surface area contributed by atoms with Crippen LogP contribution in [0.1, 0.15) is 15.9 Å². The molecular formula is C15H8F2OS. The molecule has 2 aromatic carbocycles. The standard InChI is InChI=1S/C15H8F2OS/c16-11-6-10(7-12(17)8-11)14(18)13-3-1-2-9-4-5-19-15(9)13/h1-8H. The number of halogens is 2. The molecule has 0 saturated heterocycles. The van der Waals surface area contributed by atoms with Crippen LogP contribution in [-0.2, 0) is 0 Å². The average molecular weight is 274 g/mol. The van der Waals surface area contributed by atoms with Gasteiger partial charge in [-0.25, -0.2) is 8.78 Å². The van der Waals surface area contributed by atoms with Crippen molar-refractivity contribution in [3.05, 3.63) is 70.6 Å². The quantitative estimate of drug-likeness (QED) is 0.633. The summed E-state index contributed by atoms with van der Waals surface area (Å²) in [5.41, 5.74) is 0.496. The second-order valence-electron chi connectivity index (χ2n) is 4.13. The normalized spacial score (nSPS) is 10.8. The van der Waals surface area contributed by atoms with Gasteiger partial charge in [0.15, 0.2) is 5.78 Å². The molecule has 0 spiro atoms. The maximum Gasteiger partial charge on any atom is 0.194 e. The number of thiophene rings is 1. The Morgan fingerprint density at radius 1 is 1.00 bits per heavy atom. The van der Waals surface area contributed by atoms with Crippen LogP contribution >= 0.6 is 11.3 Å². The van der Waals surface area contributed by atoms with E-state index in [9.17, 15) is 13.6 Å². The Kier molecular flexibility index (Phi) is 2.87. The molecular weight excluding hydrogens is 266 g/mol. The molecule has 0 fully saturated rings. The van der Waals surface area contributed by atoms with Crippen LogP contribution in [0.3, 0.4) is 0 Å². The molecule has 0 aliphatic carbocycles. The molecule has 0 saturated carbocycles. The molecule has 1 aromatic heterocycles. The van der Waals surface area contributed by atoms with E-state index in [1.807, 2.05) is 17.5 Å². The van der Waals surface area contributed by atoms with E-state index in [2.05, 4.69) is 0 Å². The largest absolute Gasteiger partial charge is 0.289 e. The molecule has 4 heteroatoms. The molecule has 0 bridgehead atoms. The Labute approximate surface area is 112 Å². The van der Waals surface area contributed by atoms with E-state index in [1.54, 1.807) is 12.1 Å². The summed E-state index contributed by atoms with van der Waals surface area (Å²) in [6.45, 7) is 0. The van der Waals surface area contributed by atoms with Crippen molar-refractivity contribution in [2.45, 2.75) is 0 Å². The van der Waals surface area contributed by atoms with Gasteiger partial charge in [-0.3, -0.25) is 4.79 Å². The zero-order chi connectivity index (χ0) is 13.4. The zero-order valence-corrected chi connectivity index (χ0v) is 10.5. The van der Waals surface area contributed by atoms with Gasteiger partial charge in [-0.2, -0.15) is 0 Å². The summed E-state index contributed by atoms with van der Waals surface area (Å²) in [6.07, 6.45) is 0. The number of fused-ring (bicyclic) bond motifs is 1. The number of carbonyl (C=O) groups is 1. The van der Waals surface area contributed by atoms with Crippen LogP contribution in [-0.4, -0.2) is 5.78 Å². The Morgan fingerprint density at radius 3 is 2.47 bits per heavy atom. The molecule has 0 atom stereocenters. The Hall–Kier alpha value is -2.07. The van der Waals surface area contributed by atoms with Crippen LogP contribution in [0.4, 0.5) is 8.78 Å². The predicted octanol–water partition coefficient (Wildman–Crippen LogP) is 4.41. The maximum atomic E-state index is 13.2. The van der Waals surface area contributed by atoms with E-state index in [1.165, 1.54) is 11.3 Å². The number of benzene rings is 2. The molecule has 3 aromatic rings. The summed E-state index contributed by atoms with van der Waals surface area (Å²) < 4.78 is 27.2. The summed E-state index contributed by atoms with van der Waals surface area (Å²) in [6, 6.07) is 10.1. The lowest BCUT2D eigenvalue weighted by molar-refractivity contribution is 0.103. The second kappa shape index (κ2) is 4.55. The van der Waals surface area contributed by atoms with Crippen molar-refractivity contribution in [1.82, 2.24) is 0 Å². The first-order chi connectivity index (χ1) is 9.15. The maximum absolute atomic E-state index is 13.2. The van der Waals surface area contributed by atoms with Crippen LogP contribution in [0.25, 0.3) is 10.1 Å². The molecule has 94 valence electrons. The Bertz CT molecular complexity index is 756. The van der Waals surface area contributed by atoms with Crippen LogP contribution in [0.5, 0.6) is 0 Å². The third kappa shape index (κ3) is 2.15. The molecule has 0 aliphatic rings. The fourth-order valence-corrected chi connectivity index (χ4v) is 2.92. The highest BCUT2D eigenvalue weighted by Gasteiger charge is 2.15. The van der Waals surface area contributed by atoms with Crippen LogP contribution in [0, 0.1) is 11.6 Å². The van der Waals surface area contributed by atoms with Gasteiger partial charge in [0.1, 0.15) is 11.6 Å². The van der Waals surface area contributed by atoms with Crippen LogP contribution < -0.4 is 0 Å². The van der Waals surface area contributed by atoms with Gasteiger partial charge in [-0.1, -0.05) is 12.1 Å². The molecule has 0 radical (unpaired) electrons. The molecule has 1 heterocycles. The number of rotatable bonds is 2. The van der Waals surface area contributed by atoms with Crippen molar-refractivity contribution in [3.8, 4) is 0 Å². The minimum atomic E-state index is -0.748. The number of ketones is 1. The summed E-state index contributed by atoms with van der Waals surface area (Å²) in [4.78, 5) is 12.3. The summed E-state index contributed by atoms with van der Waals surface area (Å²) >= 11 is 1.44. The molecule has 0 N–H and O–H groups in total. The van der Waals surface area contributed by atoms with Crippen molar-refractivity contribution < 1.29 is 13.6 Å². The minimum Gasteiger partial charge on any atom is -0.289 e. The Morgan fingerprint density at radius 2 is 1.74 bits per heavy atom. The molecule has 0 unspecified atom stereocenters. The monoisotopic (exact) mass is 274 g/mol. The Balaban J connectivity index is 2.16. The lowest BCUT2D eigenvalue weighted by Gasteiger charge is -2.03. The predicted molar refractivity (Wildman–Crippen MR) is 71.6 cm³/mol. The van der Waals surface area contributed by atoms with Gasteiger partial charge in [0.25, 0.3) is 0 Å². The zero-order valence-electron chi connectivity index (χ0n) is 9.69. The summed E-state index contributed by atoms with van der Waals surface area (Å²) in [5, 5.41) is 2.83. The highest BCUT2D eigenvalue weighted by Crippen LogP contribution is 2.26. The van der Waals surface area contributed by atoms with Crippen molar-refractivity contribution in [1.29, 1.82) is 0 Å². The highest BCUT2D eigenvalue weighted by molar-refractivity contribution is 7.17. The topological polar surface area (TPSA) is 17.1 Å². The first-order valence-electron chi connectivity index (χ1n) is 5.62. The third-order valence-corrected chi connectivity index (χ3v) is 3.81. The second-order valence-corrected chi connectivity index (χ2v) is 5.05. The SMILES string of the molecule is O=C(c1cc(F)cc(F)c1)c1cccc2ccsc12. The lowest BCUT2D eigenvalue weighted by atomic mass is 10.0. The molecule has 19 heavy (non-hydrogen) atoms. The van der Waals surface area contributed by atoms with E-state index >= 15 is 0 Å². The fourth-order valence-electron chi connectivity index (χ4n) is 2.01. The van der Waals surface area contributed by atoms with Gasteiger partial charge in [0, 0.05) is 21.9 Å². The summed E-state index contributed by atoms with van der Waals surface area (Å²) in [5.74, 6) is -1.87. The van der Waals surface area contributed by atoms with Crippen LogP contribution in [0.15, 0.2) is 47.8 Å². The van der Waals surface area contributed by atoms with Gasteiger partial charge in [-0.15, -0.1) is 11.3 Å². The molecule has 0 aliphatic heterocycles. The number of hydrogen-bond donors (Lipinski definition) is 0.